The molecule has 0 saturated heterocycles. The molecule has 0 aromatic heterocycles. The number of rotatable bonds is 6. The zero-order valence-electron chi connectivity index (χ0n) is 12.4. The zero-order valence-corrected chi connectivity index (χ0v) is 12.4. The van der Waals surface area contributed by atoms with Crippen LogP contribution in [0.25, 0.3) is 6.08 Å². The molecule has 0 aliphatic rings. The first kappa shape index (κ1) is 16.6. The van der Waals surface area contributed by atoms with Crippen molar-refractivity contribution in [2.45, 2.75) is 13.8 Å². The van der Waals surface area contributed by atoms with Crippen LogP contribution in [0.15, 0.2) is 17.7 Å². The van der Waals surface area contributed by atoms with E-state index in [2.05, 4.69) is 0 Å². The predicted molar refractivity (Wildman–Crippen MR) is 76.5 cm³/mol. The Balaban J connectivity index is 3.33. The third-order valence-electron chi connectivity index (χ3n) is 2.69. The Labute approximate surface area is 122 Å². The summed E-state index contributed by atoms with van der Waals surface area (Å²) in [6.45, 7) is 3.10. The fourth-order valence-electron chi connectivity index (χ4n) is 1.68. The third kappa shape index (κ3) is 3.98. The summed E-state index contributed by atoms with van der Waals surface area (Å²) in [5, 5.41) is 9.82. The van der Waals surface area contributed by atoms with Crippen molar-refractivity contribution in [3.63, 3.8) is 0 Å². The molecule has 0 amide bonds. The number of benzene rings is 1. The molecule has 1 rings (SSSR count). The van der Waals surface area contributed by atoms with Crippen molar-refractivity contribution in [2.24, 2.45) is 0 Å². The summed E-state index contributed by atoms with van der Waals surface area (Å²) in [6.07, 6.45) is 1.37. The van der Waals surface area contributed by atoms with Gasteiger partial charge in [0.1, 0.15) is 5.57 Å². The van der Waals surface area contributed by atoms with E-state index in [-0.39, 0.29) is 29.4 Å². The minimum absolute atomic E-state index is 0.0911. The molecule has 114 valence electrons. The molecule has 21 heavy (non-hydrogen) atoms. The van der Waals surface area contributed by atoms with Crippen LogP contribution in [0.4, 0.5) is 0 Å². The van der Waals surface area contributed by atoms with Gasteiger partial charge in [0, 0.05) is 0 Å². The first-order valence-corrected chi connectivity index (χ1v) is 6.29. The zero-order chi connectivity index (χ0) is 16.0. The first-order valence-electron chi connectivity index (χ1n) is 6.29. The molecule has 1 aromatic carbocycles. The van der Waals surface area contributed by atoms with Crippen molar-refractivity contribution in [1.29, 1.82) is 0 Å². The van der Waals surface area contributed by atoms with Gasteiger partial charge in [-0.05, 0) is 37.6 Å². The molecule has 6 heteroatoms. The number of carbonyl (C=O) groups is 2. The molecular formula is C15H18O6. The monoisotopic (exact) mass is 294 g/mol. The number of ether oxygens (including phenoxy) is 3. The van der Waals surface area contributed by atoms with Gasteiger partial charge in [-0.2, -0.15) is 0 Å². The average Bonchev–Trinajstić information content (AvgIpc) is 2.45. The van der Waals surface area contributed by atoms with Gasteiger partial charge < -0.3 is 19.3 Å². The summed E-state index contributed by atoms with van der Waals surface area (Å²) in [5.41, 5.74) is 0.381. The second kappa shape index (κ2) is 7.33. The largest absolute Gasteiger partial charge is 0.502 e. The van der Waals surface area contributed by atoms with E-state index in [1.165, 1.54) is 39.4 Å². The van der Waals surface area contributed by atoms with Gasteiger partial charge in [0.15, 0.2) is 17.3 Å². The maximum Gasteiger partial charge on any atom is 0.341 e. The number of esters is 1. The SMILES string of the molecule is CCOC(=O)/C(=C/c1cc(OC)c(O)c(OC)c1)C(C)=O. The van der Waals surface area contributed by atoms with Crippen molar-refractivity contribution in [2.75, 3.05) is 20.8 Å². The molecule has 0 spiro atoms. The smallest absolute Gasteiger partial charge is 0.341 e. The average molecular weight is 294 g/mol. The molecule has 1 aromatic rings. The van der Waals surface area contributed by atoms with Crippen LogP contribution >= 0.6 is 0 Å². The number of Topliss-reactive ketones (excluding diaryl/α,β-unsaturated/α-hetero) is 1. The normalized spacial score (nSPS) is 11.0. The van der Waals surface area contributed by atoms with Crippen molar-refractivity contribution >= 4 is 17.8 Å². The van der Waals surface area contributed by atoms with E-state index >= 15 is 0 Å². The van der Waals surface area contributed by atoms with Gasteiger partial charge in [-0.15, -0.1) is 0 Å². The molecule has 0 aliphatic heterocycles. The highest BCUT2D eigenvalue weighted by atomic mass is 16.5. The first-order chi connectivity index (χ1) is 9.94. The lowest BCUT2D eigenvalue weighted by Gasteiger charge is -2.10. The number of carbonyl (C=O) groups excluding carboxylic acids is 2. The Morgan fingerprint density at radius 2 is 1.71 bits per heavy atom. The van der Waals surface area contributed by atoms with Crippen LogP contribution in [0, 0.1) is 0 Å². The van der Waals surface area contributed by atoms with Crippen LogP contribution in [-0.2, 0) is 14.3 Å². The van der Waals surface area contributed by atoms with Crippen LogP contribution in [0.5, 0.6) is 17.2 Å². The molecule has 0 heterocycles. The molecule has 0 unspecified atom stereocenters. The van der Waals surface area contributed by atoms with E-state index in [0.717, 1.165) is 0 Å². The fraction of sp³-hybridized carbons (Fsp3) is 0.333. The summed E-state index contributed by atoms with van der Waals surface area (Å²) in [5.74, 6) is -0.923. The lowest BCUT2D eigenvalue weighted by molar-refractivity contribution is -0.139. The second-order valence-corrected chi connectivity index (χ2v) is 4.11. The van der Waals surface area contributed by atoms with Gasteiger partial charge in [-0.1, -0.05) is 0 Å². The van der Waals surface area contributed by atoms with E-state index in [0.29, 0.717) is 5.56 Å². The fourth-order valence-corrected chi connectivity index (χ4v) is 1.68. The molecule has 6 nitrogen and oxygen atoms in total. The van der Waals surface area contributed by atoms with Gasteiger partial charge in [-0.25, -0.2) is 4.79 Å². The molecule has 1 N–H and O–H groups in total. The number of aromatic hydroxyl groups is 1. The van der Waals surface area contributed by atoms with Crippen molar-refractivity contribution in [3.8, 4) is 17.2 Å². The molecule has 0 fully saturated rings. The van der Waals surface area contributed by atoms with Gasteiger partial charge in [-0.3, -0.25) is 4.79 Å². The van der Waals surface area contributed by atoms with Gasteiger partial charge in [0.05, 0.1) is 20.8 Å². The summed E-state index contributed by atoms with van der Waals surface area (Å²) in [4.78, 5) is 23.3. The Bertz CT molecular complexity index is 549. The Morgan fingerprint density at radius 1 is 1.19 bits per heavy atom. The summed E-state index contributed by atoms with van der Waals surface area (Å²) in [6, 6.07) is 2.97. The lowest BCUT2D eigenvalue weighted by atomic mass is 10.1. The van der Waals surface area contributed by atoms with Crippen LogP contribution in [0.1, 0.15) is 19.4 Å². The maximum absolute atomic E-state index is 11.7. The summed E-state index contributed by atoms with van der Waals surface area (Å²) >= 11 is 0. The molecule has 0 bridgehead atoms. The van der Waals surface area contributed by atoms with Crippen molar-refractivity contribution < 1.29 is 28.9 Å². The van der Waals surface area contributed by atoms with E-state index in [9.17, 15) is 14.7 Å². The van der Waals surface area contributed by atoms with E-state index in [1.807, 2.05) is 0 Å². The van der Waals surface area contributed by atoms with Crippen LogP contribution in [0.2, 0.25) is 0 Å². The highest BCUT2D eigenvalue weighted by molar-refractivity contribution is 6.19. The van der Waals surface area contributed by atoms with Gasteiger partial charge >= 0.3 is 5.97 Å². The molecular weight excluding hydrogens is 276 g/mol. The number of phenols is 1. The summed E-state index contributed by atoms with van der Waals surface area (Å²) < 4.78 is 14.9. The highest BCUT2D eigenvalue weighted by Gasteiger charge is 2.17. The minimum Gasteiger partial charge on any atom is -0.502 e. The van der Waals surface area contributed by atoms with Crippen molar-refractivity contribution in [1.82, 2.24) is 0 Å². The predicted octanol–water partition coefficient (Wildman–Crippen LogP) is 1.94. The molecule has 0 saturated carbocycles. The number of hydrogen-bond acceptors (Lipinski definition) is 6. The van der Waals surface area contributed by atoms with Crippen LogP contribution in [0.3, 0.4) is 0 Å². The quantitative estimate of drug-likeness (QED) is 0.374. The Hall–Kier alpha value is -2.50. The topological polar surface area (TPSA) is 82.1 Å². The van der Waals surface area contributed by atoms with Crippen molar-refractivity contribution in [3.05, 3.63) is 23.3 Å². The van der Waals surface area contributed by atoms with E-state index < -0.39 is 11.8 Å². The Morgan fingerprint density at radius 3 is 2.10 bits per heavy atom. The Kier molecular flexibility index (Phi) is 5.78. The van der Waals surface area contributed by atoms with Crippen LogP contribution in [-0.4, -0.2) is 37.7 Å². The van der Waals surface area contributed by atoms with Crippen LogP contribution < -0.4 is 9.47 Å². The lowest BCUT2D eigenvalue weighted by Crippen LogP contribution is -2.13. The third-order valence-corrected chi connectivity index (χ3v) is 2.69. The number of methoxy groups -OCH3 is 2. The second-order valence-electron chi connectivity index (χ2n) is 4.11. The van der Waals surface area contributed by atoms with Gasteiger partial charge in [0.25, 0.3) is 0 Å². The minimum atomic E-state index is -0.698. The maximum atomic E-state index is 11.7. The van der Waals surface area contributed by atoms with Gasteiger partial charge in [0.2, 0.25) is 5.75 Å². The molecule has 0 radical (unpaired) electrons. The molecule has 0 atom stereocenters. The summed E-state index contributed by atoms with van der Waals surface area (Å²) in [7, 11) is 2.78. The number of ketones is 1. The standard InChI is InChI=1S/C15H18O6/c1-5-21-15(18)11(9(2)16)6-10-7-12(19-3)14(17)13(8-10)20-4/h6-8,17H,5H2,1-4H3/b11-6+. The molecule has 0 aliphatic carbocycles. The number of hydrogen-bond donors (Lipinski definition) is 1. The van der Waals surface area contributed by atoms with E-state index in [4.69, 9.17) is 14.2 Å². The number of phenolic OH excluding ortho intramolecular Hbond substituents is 1. The van der Waals surface area contributed by atoms with E-state index in [1.54, 1.807) is 6.92 Å². The highest BCUT2D eigenvalue weighted by Crippen LogP contribution is 2.37.